The molecule has 6 saturated heterocycles. The Morgan fingerprint density at radius 3 is 1.52 bits per heavy atom. The Balaban J connectivity index is 1.13. The molecule has 0 unspecified atom stereocenters. The number of rotatable bonds is 16. The van der Waals surface area contributed by atoms with E-state index in [0.717, 1.165) is 72.1 Å². The number of para-hydroxylation sites is 2. The van der Waals surface area contributed by atoms with Gasteiger partial charge >= 0.3 is 0 Å². The minimum absolute atomic E-state index is 0.0161. The van der Waals surface area contributed by atoms with Crippen LogP contribution in [-0.4, -0.2) is 70.4 Å². The number of aromatic nitrogens is 2. The zero-order chi connectivity index (χ0) is 43.1. The van der Waals surface area contributed by atoms with Crippen LogP contribution >= 0.6 is 0 Å². The molecule has 0 radical (unpaired) electrons. The van der Waals surface area contributed by atoms with Crippen molar-refractivity contribution in [2.24, 2.45) is 23.7 Å². The fraction of sp³-hybridized carbons (Fsp3) is 0.429. The topological polar surface area (TPSA) is 44.2 Å². The molecule has 10 atom stereocenters. The monoisotopic (exact) mass is 829 g/mol. The lowest BCUT2D eigenvalue weighted by Crippen LogP contribution is -2.68. The molecule has 8 heterocycles. The molecule has 322 valence electrons. The van der Waals surface area contributed by atoms with Crippen LogP contribution in [0, 0.1) is 23.7 Å². The Bertz CT molecular complexity index is 2280. The Kier molecular flexibility index (Phi) is 12.0. The van der Waals surface area contributed by atoms with Crippen LogP contribution in [0.5, 0.6) is 0 Å². The summed E-state index contributed by atoms with van der Waals surface area (Å²) in [4.78, 5) is 9.54. The summed E-state index contributed by atoms with van der Waals surface area (Å²) in [7, 11) is 0. The van der Waals surface area contributed by atoms with Crippen molar-refractivity contribution in [1.29, 1.82) is 0 Å². The first-order valence-electron chi connectivity index (χ1n) is 23.3. The SMILES string of the molecule is C=CCO[C@H](c1ccnc2ccccc12)[C@H]1C[C@@H]2CC[N@@+]1(Cc1cc(C[N@@+]34CC[C@@H](C[C@@H]3[C@H](OCC=C)c3ccnc5ccccc35)[C@@H](C=C)C4)cc(C(C)(C)C)c1)C[C@@H]2C=C. The van der Waals surface area contributed by atoms with Crippen LogP contribution < -0.4 is 0 Å². The van der Waals surface area contributed by atoms with Crippen LogP contribution in [0.3, 0.4) is 0 Å². The normalized spacial score (nSPS) is 29.0. The van der Waals surface area contributed by atoms with E-state index in [-0.39, 0.29) is 29.7 Å². The minimum Gasteiger partial charge on any atom is -0.363 e. The number of pyridine rings is 2. The highest BCUT2D eigenvalue weighted by Crippen LogP contribution is 2.51. The Morgan fingerprint density at radius 1 is 0.645 bits per heavy atom. The van der Waals surface area contributed by atoms with E-state index in [2.05, 4.69) is 138 Å². The quantitative estimate of drug-likeness (QED) is 0.0734. The Hall–Kier alpha value is -4.72. The Labute approximate surface area is 370 Å². The van der Waals surface area contributed by atoms with Crippen molar-refractivity contribution in [3.63, 3.8) is 0 Å². The number of benzene rings is 3. The molecule has 0 aliphatic carbocycles. The molecular formula is C56H68N4O2+2. The smallest absolute Gasteiger partial charge is 0.135 e. The second-order valence-corrected chi connectivity index (χ2v) is 20.3. The van der Waals surface area contributed by atoms with E-state index >= 15 is 0 Å². The van der Waals surface area contributed by atoms with E-state index in [0.29, 0.717) is 36.9 Å². The van der Waals surface area contributed by atoms with E-state index in [4.69, 9.17) is 19.4 Å². The van der Waals surface area contributed by atoms with Crippen LogP contribution in [0.4, 0.5) is 0 Å². The maximum absolute atomic E-state index is 6.97. The number of nitrogens with zero attached hydrogens (tertiary/aromatic N) is 4. The number of ether oxygens (including phenoxy) is 2. The van der Waals surface area contributed by atoms with Gasteiger partial charge < -0.3 is 18.4 Å². The summed E-state index contributed by atoms with van der Waals surface area (Å²) >= 11 is 0. The van der Waals surface area contributed by atoms with Gasteiger partial charge in [0.1, 0.15) is 37.4 Å². The van der Waals surface area contributed by atoms with E-state index in [9.17, 15) is 0 Å². The number of hydrogen-bond acceptors (Lipinski definition) is 4. The molecule has 0 amide bonds. The summed E-state index contributed by atoms with van der Waals surface area (Å²) in [6.45, 7) is 31.5. The molecular weight excluding hydrogens is 761 g/mol. The standard InChI is InChI=1S/C56H68N4O2/c1-8-28-61-54(48-20-24-57-50-18-14-12-16-46(48)50)52-33-43-22-26-59(52,37-41(43)10-3)35-39-30-40(32-45(31-39)56(5,6)7)36-60-27-23-44(42(11-4)38-60)34-53(60)55(62-29-9-2)49-21-25-58-51-19-15-13-17-47(49)51/h8-21,24-25,30-32,41-44,52-55H,1-4,22-23,26-29,33-38H2,5-7H3/q+2/t41-,42-,43-,44-,52+,53+,54+,55+,59+,60+/m0/s1. The van der Waals surface area contributed by atoms with Gasteiger partial charge in [0.05, 0.1) is 50.4 Å². The highest BCUT2D eigenvalue weighted by Gasteiger charge is 2.56. The van der Waals surface area contributed by atoms with Gasteiger partial charge in [-0.15, -0.1) is 26.3 Å². The number of piperidine rings is 6. The molecule has 0 N–H and O–H groups in total. The van der Waals surface area contributed by atoms with Crippen molar-refractivity contribution in [1.82, 2.24) is 9.97 Å². The minimum atomic E-state index is -0.0823. The van der Waals surface area contributed by atoms with E-state index in [1.807, 2.05) is 24.5 Å². The highest BCUT2D eigenvalue weighted by molar-refractivity contribution is 5.83. The molecule has 62 heavy (non-hydrogen) atoms. The van der Waals surface area contributed by atoms with Crippen molar-refractivity contribution in [2.45, 2.75) is 89.3 Å². The lowest BCUT2D eigenvalue weighted by atomic mass is 9.70. The van der Waals surface area contributed by atoms with Gasteiger partial charge in [-0.2, -0.15) is 0 Å². The number of quaternary nitrogens is 2. The second kappa shape index (κ2) is 17.4. The largest absolute Gasteiger partial charge is 0.363 e. The lowest BCUT2D eigenvalue weighted by molar-refractivity contribution is -0.985. The third-order valence-corrected chi connectivity index (χ3v) is 15.7. The van der Waals surface area contributed by atoms with Gasteiger partial charge in [-0.1, -0.05) is 81.5 Å². The summed E-state index contributed by atoms with van der Waals surface area (Å²) < 4.78 is 15.9. The van der Waals surface area contributed by atoms with Gasteiger partial charge in [-0.05, 0) is 76.4 Å². The molecule has 6 nitrogen and oxygen atoms in total. The fourth-order valence-electron chi connectivity index (χ4n) is 12.7. The van der Waals surface area contributed by atoms with Crippen LogP contribution in [0.2, 0.25) is 0 Å². The number of hydrogen-bond donors (Lipinski definition) is 0. The second-order valence-electron chi connectivity index (χ2n) is 20.3. The molecule has 6 aliphatic heterocycles. The predicted molar refractivity (Wildman–Crippen MR) is 254 cm³/mol. The maximum Gasteiger partial charge on any atom is 0.135 e. The summed E-state index contributed by atoms with van der Waals surface area (Å²) in [5, 5.41) is 2.37. The molecule has 3 aromatic carbocycles. The molecule has 6 heteroatoms. The van der Waals surface area contributed by atoms with Crippen LogP contribution in [0.25, 0.3) is 21.8 Å². The average molecular weight is 829 g/mol. The first kappa shape index (κ1) is 42.6. The first-order chi connectivity index (χ1) is 30.1. The molecule has 0 saturated carbocycles. The highest BCUT2D eigenvalue weighted by atomic mass is 16.5. The summed E-state index contributed by atoms with van der Waals surface area (Å²) in [5.74, 6) is 2.19. The Morgan fingerprint density at radius 2 is 1.10 bits per heavy atom. The third-order valence-electron chi connectivity index (χ3n) is 15.7. The molecule has 6 aliphatic rings. The van der Waals surface area contributed by atoms with Gasteiger partial charge in [0, 0.05) is 71.8 Å². The van der Waals surface area contributed by atoms with Crippen molar-refractivity contribution in [3.8, 4) is 0 Å². The predicted octanol–water partition coefficient (Wildman–Crippen LogP) is 11.8. The first-order valence-corrected chi connectivity index (χ1v) is 23.3. The molecule has 6 fully saturated rings. The van der Waals surface area contributed by atoms with Crippen molar-refractivity contribution in [2.75, 3.05) is 39.4 Å². The van der Waals surface area contributed by atoms with Gasteiger partial charge in [0.2, 0.25) is 0 Å². The van der Waals surface area contributed by atoms with Crippen LogP contribution in [0.1, 0.15) is 86.5 Å². The van der Waals surface area contributed by atoms with E-state index in [1.54, 1.807) is 0 Å². The van der Waals surface area contributed by atoms with Crippen molar-refractivity contribution < 1.29 is 18.4 Å². The van der Waals surface area contributed by atoms with Gasteiger partial charge in [-0.25, -0.2) is 0 Å². The third kappa shape index (κ3) is 7.93. The molecule has 0 spiro atoms. The molecule has 11 rings (SSSR count). The molecule has 4 bridgehead atoms. The molecule has 2 aromatic heterocycles. The van der Waals surface area contributed by atoms with Gasteiger partial charge in [-0.3, -0.25) is 9.97 Å². The van der Waals surface area contributed by atoms with Crippen molar-refractivity contribution in [3.05, 3.63) is 170 Å². The maximum atomic E-state index is 6.97. The lowest BCUT2D eigenvalue weighted by Gasteiger charge is -2.59. The summed E-state index contributed by atoms with van der Waals surface area (Å²) in [5.41, 5.74) is 8.79. The van der Waals surface area contributed by atoms with Crippen LogP contribution in [0.15, 0.2) is 142 Å². The molecule has 5 aromatic rings. The summed E-state index contributed by atoms with van der Waals surface area (Å²) in [6.07, 6.45) is 16.8. The van der Waals surface area contributed by atoms with Gasteiger partial charge in [0.25, 0.3) is 0 Å². The summed E-state index contributed by atoms with van der Waals surface area (Å²) in [6, 6.07) is 29.8. The van der Waals surface area contributed by atoms with E-state index < -0.39 is 0 Å². The van der Waals surface area contributed by atoms with Gasteiger partial charge in [0.15, 0.2) is 0 Å². The number of fused-ring (bicyclic) bond motifs is 8. The van der Waals surface area contributed by atoms with Crippen molar-refractivity contribution >= 4 is 21.8 Å². The fourth-order valence-corrected chi connectivity index (χ4v) is 12.7. The zero-order valence-electron chi connectivity index (χ0n) is 37.5. The average Bonchev–Trinajstić information content (AvgIpc) is 3.29. The van der Waals surface area contributed by atoms with Crippen LogP contribution in [-0.2, 0) is 28.0 Å². The van der Waals surface area contributed by atoms with E-state index in [1.165, 1.54) is 51.4 Å². The zero-order valence-corrected chi connectivity index (χ0v) is 37.5.